The van der Waals surface area contributed by atoms with Crippen LogP contribution in [0.2, 0.25) is 10.2 Å². The molecule has 2 aromatic heterocycles. The molecular weight excluding hydrogens is 397 g/mol. The third kappa shape index (κ3) is 3.61. The lowest BCUT2D eigenvalue weighted by atomic mass is 9.83. The molecule has 0 unspecified atom stereocenters. The van der Waals surface area contributed by atoms with Crippen LogP contribution in [0, 0.1) is 5.82 Å². The Kier molecular flexibility index (Phi) is 4.74. The van der Waals surface area contributed by atoms with Crippen LogP contribution in [0.5, 0.6) is 5.75 Å². The van der Waals surface area contributed by atoms with E-state index >= 15 is 0 Å². The van der Waals surface area contributed by atoms with Gasteiger partial charge in [-0.2, -0.15) is 0 Å². The number of alkyl halides is 1. The second-order valence-corrected chi connectivity index (χ2v) is 7.15. The van der Waals surface area contributed by atoms with Crippen molar-refractivity contribution in [2.75, 3.05) is 11.9 Å². The number of rotatable bonds is 5. The summed E-state index contributed by atoms with van der Waals surface area (Å²) in [6.07, 6.45) is 3.05. The van der Waals surface area contributed by atoms with Gasteiger partial charge >= 0.3 is 0 Å². The van der Waals surface area contributed by atoms with Gasteiger partial charge in [0, 0.05) is 0 Å². The van der Waals surface area contributed by atoms with Gasteiger partial charge in [0.2, 0.25) is 0 Å². The molecule has 1 aliphatic carbocycles. The Bertz CT molecular complexity index is 1010. The topological polar surface area (TPSA) is 59.9 Å². The molecule has 0 radical (unpaired) electrons. The van der Waals surface area contributed by atoms with E-state index in [-0.39, 0.29) is 34.0 Å². The molecule has 0 spiro atoms. The molecule has 27 heavy (non-hydrogen) atoms. The molecule has 0 amide bonds. The number of benzene rings is 1. The first-order valence-electron chi connectivity index (χ1n) is 8.29. The summed E-state index contributed by atoms with van der Waals surface area (Å²) in [5.41, 5.74) is -0.323. The molecule has 1 aliphatic rings. The van der Waals surface area contributed by atoms with Gasteiger partial charge in [-0.3, -0.25) is 0 Å². The van der Waals surface area contributed by atoms with Crippen molar-refractivity contribution in [3.8, 4) is 5.75 Å². The Morgan fingerprint density at radius 1 is 1.15 bits per heavy atom. The summed E-state index contributed by atoms with van der Waals surface area (Å²) in [7, 11) is 0. The smallest absolute Gasteiger partial charge is 0.169 e. The van der Waals surface area contributed by atoms with Crippen LogP contribution in [0.4, 0.5) is 20.3 Å². The fraction of sp³-hybridized carbons (Fsp3) is 0.278. The van der Waals surface area contributed by atoms with E-state index in [1.54, 1.807) is 12.1 Å². The number of halogens is 4. The minimum atomic E-state index is -1.35. The highest BCUT2D eigenvalue weighted by molar-refractivity contribution is 6.32. The van der Waals surface area contributed by atoms with Gasteiger partial charge in [0.15, 0.2) is 11.6 Å². The number of pyridine rings is 1. The van der Waals surface area contributed by atoms with Crippen molar-refractivity contribution >= 4 is 45.7 Å². The third-order valence-electron chi connectivity index (χ3n) is 4.48. The third-order valence-corrected chi connectivity index (χ3v) is 5.05. The quantitative estimate of drug-likeness (QED) is 0.563. The minimum Gasteiger partial charge on any atom is -0.489 e. The summed E-state index contributed by atoms with van der Waals surface area (Å²) >= 11 is 12.0. The largest absolute Gasteiger partial charge is 0.489 e. The lowest BCUT2D eigenvalue weighted by molar-refractivity contribution is 0.0124. The van der Waals surface area contributed by atoms with Gasteiger partial charge in [0.05, 0.1) is 11.2 Å². The molecule has 0 atom stereocenters. The standard InChI is InChI=1S/C18H14Cl2F2N4O/c19-13-5-3-11-16(26-13)17(24-9-23-11)25-10-2-4-12(14(20)15(10)21)27-8-18(22)6-1-7-18/h2-5,9H,1,6-8H2,(H,23,24,25). The van der Waals surface area contributed by atoms with Crippen LogP contribution in [0.25, 0.3) is 11.0 Å². The Morgan fingerprint density at radius 2 is 1.96 bits per heavy atom. The van der Waals surface area contributed by atoms with Crippen LogP contribution >= 0.6 is 23.2 Å². The van der Waals surface area contributed by atoms with Crippen LogP contribution in [-0.4, -0.2) is 27.2 Å². The lowest BCUT2D eigenvalue weighted by Crippen LogP contribution is -2.38. The van der Waals surface area contributed by atoms with Gasteiger partial charge in [0.25, 0.3) is 0 Å². The van der Waals surface area contributed by atoms with E-state index in [0.29, 0.717) is 23.9 Å². The highest BCUT2D eigenvalue weighted by atomic mass is 35.5. The monoisotopic (exact) mass is 410 g/mol. The summed E-state index contributed by atoms with van der Waals surface area (Å²) in [5, 5.41) is 2.88. The van der Waals surface area contributed by atoms with Crippen LogP contribution < -0.4 is 10.1 Å². The fourth-order valence-electron chi connectivity index (χ4n) is 2.79. The number of nitrogens with zero attached hydrogens (tertiary/aromatic N) is 3. The Balaban J connectivity index is 1.60. The van der Waals surface area contributed by atoms with Gasteiger partial charge < -0.3 is 10.1 Å². The summed E-state index contributed by atoms with van der Waals surface area (Å²) < 4.78 is 34.1. The van der Waals surface area contributed by atoms with Gasteiger partial charge in [-0.1, -0.05) is 23.2 Å². The number of fused-ring (bicyclic) bond motifs is 1. The maximum absolute atomic E-state index is 14.7. The highest BCUT2D eigenvalue weighted by Gasteiger charge is 2.38. The van der Waals surface area contributed by atoms with Crippen molar-refractivity contribution in [1.29, 1.82) is 0 Å². The van der Waals surface area contributed by atoms with Crippen molar-refractivity contribution < 1.29 is 13.5 Å². The predicted molar refractivity (Wildman–Crippen MR) is 100 cm³/mol. The first-order chi connectivity index (χ1) is 13.0. The molecule has 0 bridgehead atoms. The summed E-state index contributed by atoms with van der Waals surface area (Å²) in [6.45, 7) is -0.141. The second-order valence-electron chi connectivity index (χ2n) is 6.38. The van der Waals surface area contributed by atoms with Crippen molar-refractivity contribution in [1.82, 2.24) is 15.0 Å². The molecule has 1 aromatic carbocycles. The van der Waals surface area contributed by atoms with Gasteiger partial charge in [-0.05, 0) is 43.5 Å². The molecule has 140 valence electrons. The molecule has 0 saturated heterocycles. The fourth-order valence-corrected chi connectivity index (χ4v) is 3.15. The predicted octanol–water partition coefficient (Wildman–Crippen LogP) is 5.49. The van der Waals surface area contributed by atoms with E-state index in [2.05, 4.69) is 20.3 Å². The van der Waals surface area contributed by atoms with E-state index in [1.807, 2.05) is 0 Å². The molecule has 1 fully saturated rings. The SMILES string of the molecule is Fc1c(Nc2ncnc3ccc(Cl)nc23)ccc(OCC2(F)CCC2)c1Cl. The van der Waals surface area contributed by atoms with Crippen molar-refractivity contribution in [2.45, 2.75) is 24.9 Å². The maximum atomic E-state index is 14.7. The number of ether oxygens (including phenoxy) is 1. The van der Waals surface area contributed by atoms with E-state index in [0.717, 1.165) is 6.42 Å². The molecule has 1 N–H and O–H groups in total. The molecule has 0 aliphatic heterocycles. The average Bonchev–Trinajstić information content (AvgIpc) is 2.63. The summed E-state index contributed by atoms with van der Waals surface area (Å²) in [6, 6.07) is 6.22. The van der Waals surface area contributed by atoms with Crippen molar-refractivity contribution in [2.24, 2.45) is 0 Å². The lowest BCUT2D eigenvalue weighted by Gasteiger charge is -2.33. The van der Waals surface area contributed by atoms with E-state index in [1.165, 1.54) is 18.5 Å². The Morgan fingerprint density at radius 3 is 2.70 bits per heavy atom. The van der Waals surface area contributed by atoms with Gasteiger partial charge in [0.1, 0.15) is 40.0 Å². The molecule has 3 aromatic rings. The minimum absolute atomic E-state index is 0.0766. The van der Waals surface area contributed by atoms with Crippen LogP contribution in [-0.2, 0) is 0 Å². The average molecular weight is 411 g/mol. The zero-order valence-electron chi connectivity index (χ0n) is 14.0. The van der Waals surface area contributed by atoms with Crippen molar-refractivity contribution in [3.63, 3.8) is 0 Å². The Hall–Kier alpha value is -2.25. The molecule has 5 nitrogen and oxygen atoms in total. The van der Waals surface area contributed by atoms with E-state index < -0.39 is 11.5 Å². The molecule has 2 heterocycles. The normalized spacial score (nSPS) is 15.4. The maximum Gasteiger partial charge on any atom is 0.169 e. The van der Waals surface area contributed by atoms with E-state index in [4.69, 9.17) is 27.9 Å². The number of anilines is 2. The number of nitrogens with one attached hydrogen (secondary N) is 1. The number of hydrogen-bond donors (Lipinski definition) is 1. The highest BCUT2D eigenvalue weighted by Crippen LogP contribution is 2.38. The van der Waals surface area contributed by atoms with Gasteiger partial charge in [-0.25, -0.2) is 23.7 Å². The zero-order chi connectivity index (χ0) is 19.0. The Labute approximate surface area is 163 Å². The molecule has 9 heteroatoms. The van der Waals surface area contributed by atoms with Crippen LogP contribution in [0.15, 0.2) is 30.6 Å². The number of hydrogen-bond acceptors (Lipinski definition) is 5. The number of aromatic nitrogens is 3. The first kappa shape index (κ1) is 18.1. The molecule has 1 saturated carbocycles. The summed E-state index contributed by atoms with van der Waals surface area (Å²) in [5.74, 6) is -0.356. The van der Waals surface area contributed by atoms with Gasteiger partial charge in [-0.15, -0.1) is 0 Å². The molecular formula is C18H14Cl2F2N4O. The second kappa shape index (κ2) is 7.05. The van der Waals surface area contributed by atoms with Crippen LogP contribution in [0.3, 0.4) is 0 Å². The first-order valence-corrected chi connectivity index (χ1v) is 9.05. The molecule has 4 rings (SSSR count). The van der Waals surface area contributed by atoms with Crippen molar-refractivity contribution in [3.05, 3.63) is 46.6 Å². The van der Waals surface area contributed by atoms with E-state index in [9.17, 15) is 8.78 Å². The van der Waals surface area contributed by atoms with Crippen LogP contribution in [0.1, 0.15) is 19.3 Å². The zero-order valence-corrected chi connectivity index (χ0v) is 15.5. The summed E-state index contributed by atoms with van der Waals surface area (Å²) in [4.78, 5) is 12.4.